The van der Waals surface area contributed by atoms with E-state index in [0.29, 0.717) is 25.7 Å². The van der Waals surface area contributed by atoms with Crippen molar-refractivity contribution in [1.29, 1.82) is 0 Å². The standard InChI is InChI=1S/C12H13NO4/c14-8-3-5-9(6-4-8)17-11-10(12(15)16)2-1-7-13-11/h1-2,7,9H,3-6H2,(H,15,16). The molecular weight excluding hydrogens is 222 g/mol. The lowest BCUT2D eigenvalue weighted by Crippen LogP contribution is -2.25. The number of nitrogens with zero attached hydrogens (tertiary/aromatic N) is 1. The molecule has 90 valence electrons. The molecule has 0 aliphatic heterocycles. The molecule has 0 radical (unpaired) electrons. The number of rotatable bonds is 3. The van der Waals surface area contributed by atoms with E-state index in [4.69, 9.17) is 9.84 Å². The van der Waals surface area contributed by atoms with Gasteiger partial charge in [0, 0.05) is 19.0 Å². The van der Waals surface area contributed by atoms with Crippen molar-refractivity contribution in [2.75, 3.05) is 0 Å². The minimum Gasteiger partial charge on any atom is -0.477 e. The second-order valence-electron chi connectivity index (χ2n) is 4.02. The van der Waals surface area contributed by atoms with E-state index in [2.05, 4.69) is 4.98 Å². The lowest BCUT2D eigenvalue weighted by molar-refractivity contribution is -0.121. The summed E-state index contributed by atoms with van der Waals surface area (Å²) in [4.78, 5) is 25.9. The quantitative estimate of drug-likeness (QED) is 0.862. The van der Waals surface area contributed by atoms with Gasteiger partial charge < -0.3 is 9.84 Å². The van der Waals surface area contributed by atoms with E-state index in [9.17, 15) is 9.59 Å². The average Bonchev–Trinajstić information content (AvgIpc) is 2.32. The number of Topliss-reactive ketones (excluding diaryl/α,β-unsaturated/α-hetero) is 1. The van der Waals surface area contributed by atoms with Gasteiger partial charge in [-0.1, -0.05) is 0 Å². The number of ether oxygens (including phenoxy) is 1. The second kappa shape index (κ2) is 4.95. The summed E-state index contributed by atoms with van der Waals surface area (Å²) in [6, 6.07) is 3.01. The molecule has 1 heterocycles. The Morgan fingerprint density at radius 3 is 2.76 bits per heavy atom. The van der Waals surface area contributed by atoms with Crippen LogP contribution in [-0.2, 0) is 4.79 Å². The summed E-state index contributed by atoms with van der Waals surface area (Å²) in [5.74, 6) is -0.677. The Kier molecular flexibility index (Phi) is 3.37. The van der Waals surface area contributed by atoms with E-state index in [1.165, 1.54) is 12.3 Å². The summed E-state index contributed by atoms with van der Waals surface area (Å²) in [5.41, 5.74) is 0.0596. The van der Waals surface area contributed by atoms with Gasteiger partial charge in [0.25, 0.3) is 0 Å². The van der Waals surface area contributed by atoms with Crippen molar-refractivity contribution in [1.82, 2.24) is 4.98 Å². The summed E-state index contributed by atoms with van der Waals surface area (Å²) in [6.07, 6.45) is 3.65. The zero-order chi connectivity index (χ0) is 12.3. The van der Waals surface area contributed by atoms with E-state index < -0.39 is 5.97 Å². The number of aromatic nitrogens is 1. The normalized spacial score (nSPS) is 16.8. The molecule has 0 saturated heterocycles. The van der Waals surface area contributed by atoms with Gasteiger partial charge in [-0.05, 0) is 25.0 Å². The molecule has 5 heteroatoms. The molecule has 0 amide bonds. The number of carbonyl (C=O) groups is 2. The van der Waals surface area contributed by atoms with Crippen LogP contribution in [-0.4, -0.2) is 27.9 Å². The zero-order valence-corrected chi connectivity index (χ0v) is 9.26. The first-order valence-electron chi connectivity index (χ1n) is 5.53. The minimum absolute atomic E-state index is 0.0596. The second-order valence-corrected chi connectivity index (χ2v) is 4.02. The highest BCUT2D eigenvalue weighted by Gasteiger charge is 2.22. The third-order valence-corrected chi connectivity index (χ3v) is 2.77. The predicted molar refractivity (Wildman–Crippen MR) is 59.1 cm³/mol. The fraction of sp³-hybridized carbons (Fsp3) is 0.417. The lowest BCUT2D eigenvalue weighted by Gasteiger charge is -2.22. The van der Waals surface area contributed by atoms with Crippen LogP contribution in [0.15, 0.2) is 18.3 Å². The maximum absolute atomic E-state index is 11.1. The van der Waals surface area contributed by atoms with E-state index in [-0.39, 0.29) is 23.3 Å². The summed E-state index contributed by atoms with van der Waals surface area (Å²) < 4.78 is 5.55. The van der Waals surface area contributed by atoms with Gasteiger partial charge >= 0.3 is 5.97 Å². The highest BCUT2D eigenvalue weighted by atomic mass is 16.5. The van der Waals surface area contributed by atoms with Crippen LogP contribution < -0.4 is 4.74 Å². The van der Waals surface area contributed by atoms with E-state index >= 15 is 0 Å². The van der Waals surface area contributed by atoms with Gasteiger partial charge in [-0.2, -0.15) is 0 Å². The van der Waals surface area contributed by atoms with Crippen molar-refractivity contribution >= 4 is 11.8 Å². The molecular formula is C12H13NO4. The number of hydrogen-bond donors (Lipinski definition) is 1. The van der Waals surface area contributed by atoms with Gasteiger partial charge in [0.2, 0.25) is 5.88 Å². The summed E-state index contributed by atoms with van der Waals surface area (Å²) in [5, 5.41) is 8.96. The number of ketones is 1. The molecule has 5 nitrogen and oxygen atoms in total. The van der Waals surface area contributed by atoms with Crippen LogP contribution in [0.3, 0.4) is 0 Å². The topological polar surface area (TPSA) is 76.5 Å². The van der Waals surface area contributed by atoms with Gasteiger partial charge in [-0.15, -0.1) is 0 Å². The first-order valence-corrected chi connectivity index (χ1v) is 5.53. The molecule has 2 rings (SSSR count). The third-order valence-electron chi connectivity index (χ3n) is 2.77. The SMILES string of the molecule is O=C1CCC(Oc2ncccc2C(=O)O)CC1. The molecule has 0 bridgehead atoms. The van der Waals surface area contributed by atoms with Crippen molar-refractivity contribution < 1.29 is 19.4 Å². The Hall–Kier alpha value is -1.91. The molecule has 0 unspecified atom stereocenters. The Balaban J connectivity index is 2.08. The van der Waals surface area contributed by atoms with Gasteiger partial charge in [0.1, 0.15) is 17.5 Å². The molecule has 1 aromatic rings. The lowest BCUT2D eigenvalue weighted by atomic mass is 9.96. The number of carboxylic acids is 1. The number of carbonyl (C=O) groups excluding carboxylic acids is 1. The number of carboxylic acid groups (broad SMARTS) is 1. The smallest absolute Gasteiger partial charge is 0.341 e. The van der Waals surface area contributed by atoms with Crippen LogP contribution >= 0.6 is 0 Å². The monoisotopic (exact) mass is 235 g/mol. The third kappa shape index (κ3) is 2.81. The number of aromatic carboxylic acids is 1. The summed E-state index contributed by atoms with van der Waals surface area (Å²) in [6.45, 7) is 0. The van der Waals surface area contributed by atoms with Crippen molar-refractivity contribution in [3.8, 4) is 5.88 Å². The van der Waals surface area contributed by atoms with E-state index in [1.807, 2.05) is 0 Å². The van der Waals surface area contributed by atoms with Crippen LogP contribution in [0.25, 0.3) is 0 Å². The molecule has 1 aromatic heterocycles. The van der Waals surface area contributed by atoms with E-state index in [0.717, 1.165) is 0 Å². The first kappa shape index (κ1) is 11.6. The largest absolute Gasteiger partial charge is 0.477 e. The first-order chi connectivity index (χ1) is 8.16. The number of hydrogen-bond acceptors (Lipinski definition) is 4. The molecule has 1 aliphatic rings. The molecule has 0 spiro atoms. The molecule has 1 fully saturated rings. The van der Waals surface area contributed by atoms with Gasteiger partial charge in [-0.25, -0.2) is 9.78 Å². The fourth-order valence-electron chi connectivity index (χ4n) is 1.84. The van der Waals surface area contributed by atoms with Crippen LogP contribution in [0.1, 0.15) is 36.0 Å². The van der Waals surface area contributed by atoms with Crippen LogP contribution in [0, 0.1) is 0 Å². The van der Waals surface area contributed by atoms with Crippen LogP contribution in [0.2, 0.25) is 0 Å². The van der Waals surface area contributed by atoms with Crippen LogP contribution in [0.4, 0.5) is 0 Å². The Labute approximate surface area is 98.4 Å². The van der Waals surface area contributed by atoms with Gasteiger partial charge in [0.15, 0.2) is 0 Å². The van der Waals surface area contributed by atoms with E-state index in [1.54, 1.807) is 6.07 Å². The van der Waals surface area contributed by atoms with Gasteiger partial charge in [-0.3, -0.25) is 4.79 Å². The molecule has 1 aliphatic carbocycles. The zero-order valence-electron chi connectivity index (χ0n) is 9.26. The van der Waals surface area contributed by atoms with Crippen molar-refractivity contribution in [2.45, 2.75) is 31.8 Å². The molecule has 1 saturated carbocycles. The molecule has 1 N–H and O–H groups in total. The van der Waals surface area contributed by atoms with Crippen molar-refractivity contribution in [3.05, 3.63) is 23.9 Å². The Morgan fingerprint density at radius 1 is 1.41 bits per heavy atom. The molecule has 17 heavy (non-hydrogen) atoms. The van der Waals surface area contributed by atoms with Crippen LogP contribution in [0.5, 0.6) is 5.88 Å². The summed E-state index contributed by atoms with van der Waals surface area (Å²) >= 11 is 0. The molecule has 0 aromatic carbocycles. The molecule has 0 atom stereocenters. The Morgan fingerprint density at radius 2 is 2.12 bits per heavy atom. The highest BCUT2D eigenvalue weighted by molar-refractivity contribution is 5.90. The maximum Gasteiger partial charge on any atom is 0.341 e. The summed E-state index contributed by atoms with van der Waals surface area (Å²) in [7, 11) is 0. The minimum atomic E-state index is -1.06. The highest BCUT2D eigenvalue weighted by Crippen LogP contribution is 2.22. The fourth-order valence-corrected chi connectivity index (χ4v) is 1.84. The average molecular weight is 235 g/mol. The van der Waals surface area contributed by atoms with Crippen molar-refractivity contribution in [2.24, 2.45) is 0 Å². The Bertz CT molecular complexity index is 434. The van der Waals surface area contributed by atoms with Gasteiger partial charge in [0.05, 0.1) is 0 Å². The number of pyridine rings is 1. The predicted octanol–water partition coefficient (Wildman–Crippen LogP) is 1.67. The van der Waals surface area contributed by atoms with Crippen molar-refractivity contribution in [3.63, 3.8) is 0 Å². The maximum atomic E-state index is 11.1.